The molecule has 25 heavy (non-hydrogen) atoms. The zero-order valence-electron chi connectivity index (χ0n) is 14.3. The van der Waals surface area contributed by atoms with Crippen LogP contribution in [-0.4, -0.2) is 20.4 Å². The van der Waals surface area contributed by atoms with Crippen molar-refractivity contribution in [3.8, 4) is 0 Å². The number of carbonyl (C=O) groups excluding carboxylic acids is 1. The normalized spacial score (nSPS) is 11.5. The molecular formula is C18H23N3O3S. The molecule has 134 valence electrons. The number of amides is 1. The van der Waals surface area contributed by atoms with Crippen molar-refractivity contribution in [2.75, 3.05) is 11.1 Å². The molecule has 0 aromatic heterocycles. The molecule has 1 amide bonds. The van der Waals surface area contributed by atoms with Crippen molar-refractivity contribution < 1.29 is 13.2 Å². The van der Waals surface area contributed by atoms with E-state index >= 15 is 0 Å². The van der Waals surface area contributed by atoms with Crippen LogP contribution < -0.4 is 15.8 Å². The number of hydrogen-bond acceptors (Lipinski definition) is 4. The van der Waals surface area contributed by atoms with Gasteiger partial charge in [0.05, 0.1) is 4.90 Å². The first-order chi connectivity index (χ1) is 11.8. The molecule has 0 bridgehead atoms. The molecule has 0 spiro atoms. The quantitative estimate of drug-likeness (QED) is 0.660. The molecule has 4 N–H and O–H groups in total. The van der Waals surface area contributed by atoms with Gasteiger partial charge in [-0.25, -0.2) is 13.1 Å². The zero-order valence-corrected chi connectivity index (χ0v) is 15.1. The van der Waals surface area contributed by atoms with Crippen LogP contribution in [0.5, 0.6) is 0 Å². The Kier molecular flexibility index (Phi) is 6.17. The van der Waals surface area contributed by atoms with Crippen LogP contribution in [0.25, 0.3) is 0 Å². The van der Waals surface area contributed by atoms with E-state index in [0.717, 1.165) is 5.56 Å². The van der Waals surface area contributed by atoms with Gasteiger partial charge in [-0.05, 0) is 56.2 Å². The van der Waals surface area contributed by atoms with Crippen LogP contribution in [0.3, 0.4) is 0 Å². The summed E-state index contributed by atoms with van der Waals surface area (Å²) >= 11 is 0. The smallest absolute Gasteiger partial charge is 0.240 e. The predicted octanol–water partition coefficient (Wildman–Crippen LogP) is 2.53. The highest BCUT2D eigenvalue weighted by Crippen LogP contribution is 2.16. The van der Waals surface area contributed by atoms with Crippen LogP contribution in [0, 0.1) is 0 Å². The standard InChI is InChI=1S/C18H23N3O3S/c1-13(2)21-25(23,24)16-10-8-15(9-11-16)20-18(22)12-7-14-5-3-4-6-17(14)19/h3-6,8-11,13,21H,7,12,19H2,1-2H3,(H,20,22). The summed E-state index contributed by atoms with van der Waals surface area (Å²) in [6.07, 6.45) is 0.840. The molecule has 0 aliphatic heterocycles. The van der Waals surface area contributed by atoms with Crippen molar-refractivity contribution in [1.29, 1.82) is 0 Å². The number of nitrogen functional groups attached to an aromatic ring is 1. The molecule has 0 atom stereocenters. The van der Waals surface area contributed by atoms with E-state index in [2.05, 4.69) is 10.0 Å². The van der Waals surface area contributed by atoms with Crippen molar-refractivity contribution in [1.82, 2.24) is 4.72 Å². The maximum atomic E-state index is 12.1. The molecule has 7 heteroatoms. The summed E-state index contributed by atoms with van der Waals surface area (Å²) < 4.78 is 26.6. The van der Waals surface area contributed by atoms with Crippen molar-refractivity contribution in [2.45, 2.75) is 37.6 Å². The molecule has 0 unspecified atom stereocenters. The number of sulfonamides is 1. The van der Waals surface area contributed by atoms with Gasteiger partial charge in [-0.2, -0.15) is 0 Å². The molecule has 0 aliphatic carbocycles. The molecule has 0 heterocycles. The monoisotopic (exact) mass is 361 g/mol. The van der Waals surface area contributed by atoms with Gasteiger partial charge >= 0.3 is 0 Å². The van der Waals surface area contributed by atoms with Gasteiger partial charge in [-0.3, -0.25) is 4.79 Å². The molecule has 0 radical (unpaired) electrons. The minimum atomic E-state index is -3.53. The molecule has 2 rings (SSSR count). The lowest BCUT2D eigenvalue weighted by Crippen LogP contribution is -2.30. The topological polar surface area (TPSA) is 101 Å². The first-order valence-electron chi connectivity index (χ1n) is 8.03. The first kappa shape index (κ1) is 19.0. The van der Waals surface area contributed by atoms with Crippen molar-refractivity contribution in [3.05, 3.63) is 54.1 Å². The molecule has 0 saturated carbocycles. The number of nitrogens with two attached hydrogens (primary N) is 1. The van der Waals surface area contributed by atoms with E-state index in [9.17, 15) is 13.2 Å². The van der Waals surface area contributed by atoms with Crippen LogP contribution in [0.4, 0.5) is 11.4 Å². The lowest BCUT2D eigenvalue weighted by Gasteiger charge is -2.10. The highest BCUT2D eigenvalue weighted by atomic mass is 32.2. The Hall–Kier alpha value is -2.38. The third-order valence-corrected chi connectivity index (χ3v) is 5.19. The van der Waals surface area contributed by atoms with E-state index < -0.39 is 10.0 Å². The Balaban J connectivity index is 1.94. The van der Waals surface area contributed by atoms with Gasteiger partial charge < -0.3 is 11.1 Å². The summed E-state index contributed by atoms with van der Waals surface area (Å²) in [5.74, 6) is -0.154. The molecule has 0 fully saturated rings. The summed E-state index contributed by atoms with van der Waals surface area (Å²) in [7, 11) is -3.53. The van der Waals surface area contributed by atoms with Crippen molar-refractivity contribution in [2.24, 2.45) is 0 Å². The maximum Gasteiger partial charge on any atom is 0.240 e. The average Bonchev–Trinajstić information content (AvgIpc) is 2.53. The minimum absolute atomic E-state index is 0.154. The molecular weight excluding hydrogens is 338 g/mol. The molecule has 6 nitrogen and oxygen atoms in total. The summed E-state index contributed by atoms with van der Waals surface area (Å²) in [6, 6.07) is 13.3. The number of anilines is 2. The summed E-state index contributed by atoms with van der Waals surface area (Å²) in [5.41, 5.74) is 8.01. The van der Waals surface area contributed by atoms with E-state index in [1.165, 1.54) is 12.1 Å². The number of benzene rings is 2. The highest BCUT2D eigenvalue weighted by molar-refractivity contribution is 7.89. The van der Waals surface area contributed by atoms with Crippen LogP contribution in [0.15, 0.2) is 53.4 Å². The Bertz CT molecular complexity index is 831. The van der Waals surface area contributed by atoms with Crippen LogP contribution in [0.2, 0.25) is 0 Å². The number of para-hydroxylation sites is 1. The van der Waals surface area contributed by atoms with E-state index in [0.29, 0.717) is 24.2 Å². The summed E-state index contributed by atoms with van der Waals surface area (Å²) in [4.78, 5) is 12.2. The van der Waals surface area contributed by atoms with E-state index in [1.54, 1.807) is 32.0 Å². The summed E-state index contributed by atoms with van der Waals surface area (Å²) in [6.45, 7) is 3.51. The van der Waals surface area contributed by atoms with Crippen molar-refractivity contribution in [3.63, 3.8) is 0 Å². The van der Waals surface area contributed by atoms with E-state index in [4.69, 9.17) is 5.73 Å². The Labute approximate surface area is 148 Å². The average molecular weight is 361 g/mol. The fourth-order valence-electron chi connectivity index (χ4n) is 2.33. The van der Waals surface area contributed by atoms with E-state index in [1.807, 2.05) is 18.2 Å². The van der Waals surface area contributed by atoms with E-state index in [-0.39, 0.29) is 16.8 Å². The fraction of sp³-hybridized carbons (Fsp3) is 0.278. The molecule has 0 saturated heterocycles. The Morgan fingerprint density at radius 3 is 2.32 bits per heavy atom. The lowest BCUT2D eigenvalue weighted by molar-refractivity contribution is -0.116. The van der Waals surface area contributed by atoms with Crippen LogP contribution in [0.1, 0.15) is 25.8 Å². The highest BCUT2D eigenvalue weighted by Gasteiger charge is 2.15. The number of rotatable bonds is 7. The number of nitrogens with one attached hydrogen (secondary N) is 2. The maximum absolute atomic E-state index is 12.1. The summed E-state index contributed by atoms with van der Waals surface area (Å²) in [5, 5.41) is 2.76. The van der Waals surface area contributed by atoms with Gasteiger partial charge in [0.2, 0.25) is 15.9 Å². The third-order valence-electron chi connectivity index (χ3n) is 3.52. The van der Waals surface area contributed by atoms with Gasteiger partial charge in [-0.1, -0.05) is 18.2 Å². The molecule has 2 aromatic carbocycles. The second-order valence-electron chi connectivity index (χ2n) is 6.05. The molecule has 2 aromatic rings. The van der Waals surface area contributed by atoms with Gasteiger partial charge in [0.25, 0.3) is 0 Å². The van der Waals surface area contributed by atoms with Crippen LogP contribution in [-0.2, 0) is 21.2 Å². The SMILES string of the molecule is CC(C)NS(=O)(=O)c1ccc(NC(=O)CCc2ccccc2N)cc1. The number of aryl methyl sites for hydroxylation is 1. The minimum Gasteiger partial charge on any atom is -0.399 e. The Morgan fingerprint density at radius 1 is 1.08 bits per heavy atom. The van der Waals surface area contributed by atoms with Crippen LogP contribution >= 0.6 is 0 Å². The van der Waals surface area contributed by atoms with Gasteiger partial charge in [0.1, 0.15) is 0 Å². The zero-order chi connectivity index (χ0) is 18.4. The number of carbonyl (C=O) groups is 1. The number of hydrogen-bond donors (Lipinski definition) is 3. The Morgan fingerprint density at radius 2 is 1.72 bits per heavy atom. The van der Waals surface area contributed by atoms with Crippen molar-refractivity contribution >= 4 is 27.3 Å². The molecule has 0 aliphatic rings. The van der Waals surface area contributed by atoms with Gasteiger partial charge in [-0.15, -0.1) is 0 Å². The first-order valence-corrected chi connectivity index (χ1v) is 9.52. The second-order valence-corrected chi connectivity index (χ2v) is 7.76. The van der Waals surface area contributed by atoms with Gasteiger partial charge in [0, 0.05) is 23.8 Å². The fourth-order valence-corrected chi connectivity index (χ4v) is 3.58. The predicted molar refractivity (Wildman–Crippen MR) is 99.7 cm³/mol. The largest absolute Gasteiger partial charge is 0.399 e. The third kappa shape index (κ3) is 5.58. The second kappa shape index (κ2) is 8.13. The van der Waals surface area contributed by atoms with Gasteiger partial charge in [0.15, 0.2) is 0 Å². The lowest BCUT2D eigenvalue weighted by atomic mass is 10.1.